The Hall–Kier alpha value is -3.97. The Labute approximate surface area is 247 Å². The predicted octanol–water partition coefficient (Wildman–Crippen LogP) is 4.09. The molecule has 0 saturated carbocycles. The molecule has 2 amide bonds. The Balaban J connectivity index is 1.24. The number of aromatic nitrogens is 4. The normalized spacial score (nSPS) is 24.7. The van der Waals surface area contributed by atoms with Gasteiger partial charge in [-0.25, -0.2) is 19.7 Å². The minimum Gasteiger partial charge on any atom is -0.347 e. The van der Waals surface area contributed by atoms with Gasteiger partial charge in [0.05, 0.1) is 19.1 Å². The summed E-state index contributed by atoms with van der Waals surface area (Å²) in [5.41, 5.74) is 2.42. The number of urea groups is 1. The number of nitrogens with one attached hydrogen (secondary N) is 2. The van der Waals surface area contributed by atoms with Crippen molar-refractivity contribution in [3.05, 3.63) is 90.5 Å². The zero-order valence-corrected chi connectivity index (χ0v) is 24.1. The number of fused-ring (bicyclic) bond motifs is 2. The van der Waals surface area contributed by atoms with Gasteiger partial charge in [0.1, 0.15) is 24.6 Å². The number of nitrogens with zero attached hydrogens (tertiary/aromatic N) is 4. The molecular formula is C29H31N6O7P. The molecule has 43 heavy (non-hydrogen) atoms. The SMILES string of the molecule is CCNC(=O)Nc1ncnc2c1ncn2[C@@H]1O[C@H](COP(=O)(O)Cc2ccccc2)C2O[C@H](/C=C/c3ccccc3)O[C@@H]21. The molecule has 2 aromatic heterocycles. The summed E-state index contributed by atoms with van der Waals surface area (Å²) < 4.78 is 39.0. The first-order valence-electron chi connectivity index (χ1n) is 13.8. The van der Waals surface area contributed by atoms with E-state index in [-0.39, 0.29) is 18.6 Å². The van der Waals surface area contributed by atoms with Gasteiger partial charge >= 0.3 is 13.6 Å². The molecule has 0 radical (unpaired) electrons. The maximum Gasteiger partial charge on any atom is 0.332 e. The van der Waals surface area contributed by atoms with Crippen LogP contribution < -0.4 is 10.6 Å². The lowest BCUT2D eigenvalue weighted by atomic mass is 10.1. The molecule has 4 heterocycles. The van der Waals surface area contributed by atoms with Crippen LogP contribution in [-0.4, -0.2) is 68.2 Å². The number of hydrogen-bond acceptors (Lipinski definition) is 9. The fourth-order valence-electron chi connectivity index (χ4n) is 5.05. The number of hydrogen-bond donors (Lipinski definition) is 3. The molecule has 14 heteroatoms. The minimum absolute atomic E-state index is 0.137. The summed E-state index contributed by atoms with van der Waals surface area (Å²) in [7, 11) is -3.99. The van der Waals surface area contributed by atoms with Gasteiger partial charge < -0.3 is 28.9 Å². The van der Waals surface area contributed by atoms with Crippen molar-refractivity contribution < 1.29 is 33.0 Å². The van der Waals surface area contributed by atoms with Crippen LogP contribution in [0.2, 0.25) is 0 Å². The number of ether oxygens (including phenoxy) is 3. The van der Waals surface area contributed by atoms with Crippen LogP contribution in [0.1, 0.15) is 24.3 Å². The van der Waals surface area contributed by atoms with Crippen LogP contribution in [0.15, 0.2) is 79.4 Å². The van der Waals surface area contributed by atoms with Crippen LogP contribution in [0, 0.1) is 0 Å². The first kappa shape index (κ1) is 29.1. The molecule has 2 aliphatic heterocycles. The van der Waals surface area contributed by atoms with Crippen molar-refractivity contribution in [2.75, 3.05) is 18.5 Å². The molecule has 2 aliphatic rings. The quantitative estimate of drug-likeness (QED) is 0.225. The molecule has 0 bridgehead atoms. The highest BCUT2D eigenvalue weighted by Gasteiger charge is 2.53. The van der Waals surface area contributed by atoms with E-state index in [1.165, 1.54) is 12.7 Å². The highest BCUT2D eigenvalue weighted by Crippen LogP contribution is 2.48. The minimum atomic E-state index is -3.99. The Bertz CT molecular complexity index is 1640. The van der Waals surface area contributed by atoms with Crippen LogP contribution >= 0.6 is 7.60 Å². The Morgan fingerprint density at radius 2 is 1.79 bits per heavy atom. The highest BCUT2D eigenvalue weighted by molar-refractivity contribution is 7.51. The number of carbonyl (C=O) groups is 1. The van der Waals surface area contributed by atoms with Crippen molar-refractivity contribution in [1.82, 2.24) is 24.8 Å². The fourth-order valence-corrected chi connectivity index (χ4v) is 6.20. The summed E-state index contributed by atoms with van der Waals surface area (Å²) in [6, 6.07) is 18.3. The third-order valence-electron chi connectivity index (χ3n) is 6.98. The van der Waals surface area contributed by atoms with E-state index in [0.717, 1.165) is 5.56 Å². The number of benzene rings is 2. The molecule has 4 aromatic rings. The van der Waals surface area contributed by atoms with Gasteiger partial charge in [0, 0.05) is 6.54 Å². The van der Waals surface area contributed by atoms with Gasteiger partial charge in [-0.15, -0.1) is 0 Å². The molecule has 6 atom stereocenters. The van der Waals surface area contributed by atoms with Crippen molar-refractivity contribution in [2.24, 2.45) is 0 Å². The van der Waals surface area contributed by atoms with Crippen molar-refractivity contribution in [2.45, 2.75) is 43.9 Å². The van der Waals surface area contributed by atoms with E-state index in [4.69, 9.17) is 18.7 Å². The summed E-state index contributed by atoms with van der Waals surface area (Å²) in [4.78, 5) is 35.7. The summed E-state index contributed by atoms with van der Waals surface area (Å²) in [6.45, 7) is 2.05. The van der Waals surface area contributed by atoms with E-state index in [2.05, 4.69) is 25.6 Å². The maximum atomic E-state index is 12.9. The number of imidazole rings is 1. The van der Waals surface area contributed by atoms with E-state index in [1.54, 1.807) is 41.8 Å². The standard InChI is InChI=1S/C29H31N6O7P/c1-2-30-29(36)34-26-23-27(32-17-31-26)35(18-33-23)28-25-24(41-22(42-25)14-13-19-9-5-3-6-10-19)21(40-28)15-39-43(37,38)16-20-11-7-4-8-12-20/h3-14,17-18,21-22,24-25,28H,2,15-16H2,1H3,(H,37,38)(H2,30,31,32,34,36)/b14-13+/t21-,22+,24?,25+,28-/m1/s1. The lowest BCUT2D eigenvalue weighted by Crippen LogP contribution is -2.31. The van der Waals surface area contributed by atoms with Gasteiger partial charge in [0.15, 0.2) is 29.5 Å². The topological polar surface area (TPSA) is 159 Å². The molecule has 6 rings (SSSR count). The second kappa shape index (κ2) is 12.7. The monoisotopic (exact) mass is 606 g/mol. The van der Waals surface area contributed by atoms with Gasteiger partial charge in [0.25, 0.3) is 0 Å². The van der Waals surface area contributed by atoms with E-state index in [0.29, 0.717) is 23.3 Å². The van der Waals surface area contributed by atoms with Crippen molar-refractivity contribution in [3.8, 4) is 0 Å². The summed E-state index contributed by atoms with van der Waals surface area (Å²) >= 11 is 0. The number of anilines is 1. The molecule has 224 valence electrons. The molecule has 0 spiro atoms. The second-order valence-electron chi connectivity index (χ2n) is 10.0. The van der Waals surface area contributed by atoms with Crippen LogP contribution in [0.25, 0.3) is 17.2 Å². The summed E-state index contributed by atoms with van der Waals surface area (Å²) in [5, 5.41) is 5.34. The van der Waals surface area contributed by atoms with E-state index >= 15 is 0 Å². The number of carbonyl (C=O) groups excluding carboxylic acids is 1. The number of amides is 2. The lowest BCUT2D eigenvalue weighted by molar-refractivity contribution is -0.131. The van der Waals surface area contributed by atoms with Crippen LogP contribution in [0.3, 0.4) is 0 Å². The first-order valence-corrected chi connectivity index (χ1v) is 15.6. The maximum absolute atomic E-state index is 12.9. The van der Waals surface area contributed by atoms with Crippen molar-refractivity contribution in [1.29, 1.82) is 0 Å². The van der Waals surface area contributed by atoms with Crippen LogP contribution in [-0.2, 0) is 29.5 Å². The molecule has 13 nitrogen and oxygen atoms in total. The molecule has 0 aliphatic carbocycles. The zero-order valence-electron chi connectivity index (χ0n) is 23.2. The molecule has 2 aromatic carbocycles. The number of rotatable bonds is 10. The largest absolute Gasteiger partial charge is 0.347 e. The Kier molecular flexibility index (Phi) is 8.61. The van der Waals surface area contributed by atoms with Crippen LogP contribution in [0.4, 0.5) is 10.6 Å². The van der Waals surface area contributed by atoms with Crippen LogP contribution in [0.5, 0.6) is 0 Å². The summed E-state index contributed by atoms with van der Waals surface area (Å²) in [6.07, 6.45) is 2.94. The highest BCUT2D eigenvalue weighted by atomic mass is 31.2. The first-order chi connectivity index (χ1) is 20.9. The third kappa shape index (κ3) is 6.67. The van der Waals surface area contributed by atoms with Gasteiger partial charge in [-0.1, -0.05) is 66.7 Å². The van der Waals surface area contributed by atoms with Gasteiger partial charge in [-0.3, -0.25) is 14.4 Å². The Morgan fingerprint density at radius 3 is 2.56 bits per heavy atom. The zero-order chi connectivity index (χ0) is 29.8. The average Bonchev–Trinajstić information content (AvgIpc) is 3.70. The van der Waals surface area contributed by atoms with Crippen molar-refractivity contribution >= 4 is 36.7 Å². The molecule has 2 fully saturated rings. The van der Waals surface area contributed by atoms with Gasteiger partial charge in [-0.2, -0.15) is 0 Å². The van der Waals surface area contributed by atoms with E-state index in [9.17, 15) is 14.3 Å². The average molecular weight is 607 g/mol. The summed E-state index contributed by atoms with van der Waals surface area (Å²) in [5.74, 6) is 0.235. The van der Waals surface area contributed by atoms with E-state index < -0.39 is 44.5 Å². The van der Waals surface area contributed by atoms with Crippen molar-refractivity contribution in [3.63, 3.8) is 0 Å². The second-order valence-corrected chi connectivity index (χ2v) is 11.9. The molecule has 2 unspecified atom stereocenters. The third-order valence-corrected chi connectivity index (χ3v) is 8.30. The van der Waals surface area contributed by atoms with E-state index in [1.807, 2.05) is 42.5 Å². The van der Waals surface area contributed by atoms with Gasteiger partial charge in [0.2, 0.25) is 0 Å². The van der Waals surface area contributed by atoms with Gasteiger partial charge in [-0.05, 0) is 24.1 Å². The predicted molar refractivity (Wildman–Crippen MR) is 157 cm³/mol. The molecule has 3 N–H and O–H groups in total. The smallest absolute Gasteiger partial charge is 0.332 e. The molecular weight excluding hydrogens is 575 g/mol. The Morgan fingerprint density at radius 1 is 1.05 bits per heavy atom. The fraction of sp³-hybridized carbons (Fsp3) is 0.310. The molecule has 2 saturated heterocycles. The lowest BCUT2D eigenvalue weighted by Gasteiger charge is -2.21.